The molecule has 0 bridgehead atoms. The number of nitrogens with zero attached hydrogens (tertiary/aromatic N) is 4. The molecule has 2 amide bonds. The van der Waals surface area contributed by atoms with Gasteiger partial charge in [-0.25, -0.2) is 9.97 Å². The lowest BCUT2D eigenvalue weighted by Crippen LogP contribution is -2.37. The lowest BCUT2D eigenvalue weighted by Gasteiger charge is -2.29. The fourth-order valence-electron chi connectivity index (χ4n) is 3.84. The molecule has 0 saturated carbocycles. The van der Waals surface area contributed by atoms with Crippen molar-refractivity contribution in [3.63, 3.8) is 0 Å². The maximum atomic E-state index is 12.6. The number of hydrogen-bond acceptors (Lipinski definition) is 4. The summed E-state index contributed by atoms with van der Waals surface area (Å²) in [6, 6.07) is 9.33. The zero-order valence-corrected chi connectivity index (χ0v) is 14.9. The van der Waals surface area contributed by atoms with Crippen molar-refractivity contribution in [2.24, 2.45) is 0 Å². The first kappa shape index (κ1) is 16.7. The first-order valence-corrected chi connectivity index (χ1v) is 9.09. The number of hydrogen-bond donors (Lipinski definition) is 0. The van der Waals surface area contributed by atoms with Crippen LogP contribution >= 0.6 is 0 Å². The fraction of sp³-hybridized carbons (Fsp3) is 0.400. The summed E-state index contributed by atoms with van der Waals surface area (Å²) in [5, 5.41) is 0. The predicted octanol–water partition coefficient (Wildman–Crippen LogP) is 2.36. The smallest absolute Gasteiger partial charge is 0.254 e. The summed E-state index contributed by atoms with van der Waals surface area (Å²) in [6.45, 7) is 3.56. The number of carbonyl (C=O) groups is 2. The van der Waals surface area contributed by atoms with Crippen LogP contribution in [0, 0.1) is 0 Å². The van der Waals surface area contributed by atoms with Gasteiger partial charge in [0.1, 0.15) is 0 Å². The van der Waals surface area contributed by atoms with Crippen LogP contribution in [-0.4, -0.2) is 44.7 Å². The van der Waals surface area contributed by atoms with Gasteiger partial charge in [0, 0.05) is 50.3 Å². The van der Waals surface area contributed by atoms with Crippen LogP contribution in [0.25, 0.3) is 0 Å². The molecule has 6 heteroatoms. The Balaban J connectivity index is 1.53. The average molecular weight is 350 g/mol. The molecule has 1 aromatic heterocycles. The van der Waals surface area contributed by atoms with E-state index in [1.54, 1.807) is 6.92 Å². The Labute approximate surface area is 152 Å². The Morgan fingerprint density at radius 1 is 1.15 bits per heavy atom. The second-order valence-corrected chi connectivity index (χ2v) is 6.91. The quantitative estimate of drug-likeness (QED) is 0.834. The minimum absolute atomic E-state index is 0.0122. The molecule has 26 heavy (non-hydrogen) atoms. The Hall–Kier alpha value is -2.76. The maximum absolute atomic E-state index is 12.6. The molecule has 2 aliphatic heterocycles. The van der Waals surface area contributed by atoms with E-state index >= 15 is 0 Å². The fourth-order valence-corrected chi connectivity index (χ4v) is 3.84. The van der Waals surface area contributed by atoms with Crippen LogP contribution in [-0.2, 0) is 17.8 Å². The number of aromatic nitrogens is 2. The molecule has 6 nitrogen and oxygen atoms in total. The molecule has 1 fully saturated rings. The van der Waals surface area contributed by atoms with Gasteiger partial charge in [-0.1, -0.05) is 18.2 Å². The van der Waals surface area contributed by atoms with E-state index in [1.165, 1.54) is 0 Å². The van der Waals surface area contributed by atoms with Crippen molar-refractivity contribution in [3.05, 3.63) is 59.2 Å². The second-order valence-electron chi connectivity index (χ2n) is 6.91. The van der Waals surface area contributed by atoms with Crippen LogP contribution in [0.2, 0.25) is 0 Å². The molecule has 3 heterocycles. The topological polar surface area (TPSA) is 66.4 Å². The van der Waals surface area contributed by atoms with E-state index in [0.29, 0.717) is 18.7 Å². The van der Waals surface area contributed by atoms with E-state index in [2.05, 4.69) is 4.98 Å². The molecular weight excluding hydrogens is 328 g/mol. The second kappa shape index (κ2) is 6.86. The summed E-state index contributed by atoms with van der Waals surface area (Å²) in [6.07, 6.45) is 4.45. The van der Waals surface area contributed by atoms with Gasteiger partial charge in [-0.3, -0.25) is 9.59 Å². The van der Waals surface area contributed by atoms with Gasteiger partial charge < -0.3 is 9.80 Å². The molecule has 134 valence electrons. The molecule has 0 unspecified atom stereocenters. The Kier molecular flexibility index (Phi) is 4.41. The number of fused-ring (bicyclic) bond motifs is 1. The van der Waals surface area contributed by atoms with Gasteiger partial charge in [0.05, 0.1) is 11.7 Å². The summed E-state index contributed by atoms with van der Waals surface area (Å²) < 4.78 is 0. The predicted molar refractivity (Wildman–Crippen MR) is 96.3 cm³/mol. The van der Waals surface area contributed by atoms with Gasteiger partial charge in [-0.2, -0.15) is 0 Å². The molecule has 2 aromatic rings. The number of amides is 2. The molecule has 0 spiro atoms. The number of rotatable bonds is 2. The molecule has 0 aliphatic carbocycles. The minimum atomic E-state index is -0.0122. The highest BCUT2D eigenvalue weighted by Gasteiger charge is 2.31. The van der Waals surface area contributed by atoms with E-state index in [0.717, 1.165) is 42.9 Å². The highest BCUT2D eigenvalue weighted by atomic mass is 16.2. The third kappa shape index (κ3) is 3.07. The highest BCUT2D eigenvalue weighted by molar-refractivity contribution is 5.94. The summed E-state index contributed by atoms with van der Waals surface area (Å²) >= 11 is 0. The monoisotopic (exact) mass is 350 g/mol. The largest absolute Gasteiger partial charge is 0.334 e. The van der Waals surface area contributed by atoms with E-state index in [4.69, 9.17) is 4.98 Å². The standard InChI is InChI=1S/C20H22N4O2/c1-14(25)24-10-5-8-18(24)19-21-12-16-13-23(11-9-17(16)22-19)20(26)15-6-3-2-4-7-15/h2-4,6-7,12,18H,5,8-11,13H2,1H3/t18-/m1/s1. The van der Waals surface area contributed by atoms with Crippen molar-refractivity contribution in [1.29, 1.82) is 0 Å². The van der Waals surface area contributed by atoms with Crippen molar-refractivity contribution in [3.8, 4) is 0 Å². The van der Waals surface area contributed by atoms with E-state index in [1.807, 2.05) is 46.3 Å². The number of carbonyl (C=O) groups excluding carboxylic acids is 2. The third-order valence-corrected chi connectivity index (χ3v) is 5.22. The Bertz CT molecular complexity index is 837. The maximum Gasteiger partial charge on any atom is 0.254 e. The zero-order valence-electron chi connectivity index (χ0n) is 14.9. The van der Waals surface area contributed by atoms with Crippen molar-refractivity contribution in [1.82, 2.24) is 19.8 Å². The molecule has 4 rings (SSSR count). The van der Waals surface area contributed by atoms with Gasteiger partial charge in [0.25, 0.3) is 5.91 Å². The van der Waals surface area contributed by atoms with Crippen LogP contribution in [0.3, 0.4) is 0 Å². The van der Waals surface area contributed by atoms with Gasteiger partial charge in [0.2, 0.25) is 5.91 Å². The number of benzene rings is 1. The van der Waals surface area contributed by atoms with Gasteiger partial charge >= 0.3 is 0 Å². The molecule has 1 saturated heterocycles. The van der Waals surface area contributed by atoms with E-state index in [-0.39, 0.29) is 17.9 Å². The zero-order chi connectivity index (χ0) is 18.1. The molecule has 0 radical (unpaired) electrons. The van der Waals surface area contributed by atoms with Crippen molar-refractivity contribution in [2.45, 2.75) is 38.8 Å². The van der Waals surface area contributed by atoms with Gasteiger partial charge in [-0.15, -0.1) is 0 Å². The Morgan fingerprint density at radius 2 is 1.96 bits per heavy atom. The van der Waals surface area contributed by atoms with Crippen LogP contribution in [0.15, 0.2) is 36.5 Å². The summed E-state index contributed by atoms with van der Waals surface area (Å²) in [7, 11) is 0. The van der Waals surface area contributed by atoms with Crippen LogP contribution < -0.4 is 0 Å². The lowest BCUT2D eigenvalue weighted by atomic mass is 10.1. The van der Waals surface area contributed by atoms with Crippen molar-refractivity contribution < 1.29 is 9.59 Å². The first-order chi connectivity index (χ1) is 12.6. The van der Waals surface area contributed by atoms with Gasteiger partial charge in [-0.05, 0) is 25.0 Å². The van der Waals surface area contributed by atoms with Crippen LogP contribution in [0.5, 0.6) is 0 Å². The summed E-state index contributed by atoms with van der Waals surface area (Å²) in [5.41, 5.74) is 2.70. The molecule has 0 N–H and O–H groups in total. The molecule has 1 atom stereocenters. The lowest BCUT2D eigenvalue weighted by molar-refractivity contribution is -0.129. The summed E-state index contributed by atoms with van der Waals surface area (Å²) in [5.74, 6) is 0.853. The first-order valence-electron chi connectivity index (χ1n) is 9.09. The van der Waals surface area contributed by atoms with Crippen molar-refractivity contribution in [2.75, 3.05) is 13.1 Å². The molecule has 2 aliphatic rings. The average Bonchev–Trinajstić information content (AvgIpc) is 3.17. The molecule has 1 aromatic carbocycles. The SMILES string of the molecule is CC(=O)N1CCC[C@@H]1c1ncc2c(n1)CCN(C(=O)c1ccccc1)C2. The Morgan fingerprint density at radius 3 is 2.73 bits per heavy atom. The van der Waals surface area contributed by atoms with E-state index in [9.17, 15) is 9.59 Å². The van der Waals surface area contributed by atoms with E-state index < -0.39 is 0 Å². The van der Waals surface area contributed by atoms with Gasteiger partial charge in [0.15, 0.2) is 5.82 Å². The third-order valence-electron chi connectivity index (χ3n) is 5.22. The summed E-state index contributed by atoms with van der Waals surface area (Å²) in [4.78, 5) is 37.4. The number of likely N-dealkylation sites (tertiary alicyclic amines) is 1. The van der Waals surface area contributed by atoms with Crippen molar-refractivity contribution >= 4 is 11.8 Å². The highest BCUT2D eigenvalue weighted by Crippen LogP contribution is 2.30. The minimum Gasteiger partial charge on any atom is -0.334 e. The van der Waals surface area contributed by atoms with Crippen LogP contribution in [0.4, 0.5) is 0 Å². The van der Waals surface area contributed by atoms with Crippen LogP contribution in [0.1, 0.15) is 53.2 Å². The normalized spacial score (nSPS) is 19.3. The molecular formula is C20H22N4O2.